The Morgan fingerprint density at radius 1 is 1.11 bits per heavy atom. The molecule has 1 fully saturated rings. The second-order valence-electron chi connectivity index (χ2n) is 8.11. The number of piperidine rings is 1. The number of carbonyl (C=O) groups is 1. The highest BCUT2D eigenvalue weighted by atomic mass is 19.1. The molecule has 0 saturated carbocycles. The van der Waals surface area contributed by atoms with Crippen LogP contribution >= 0.6 is 0 Å². The third-order valence-corrected chi connectivity index (χ3v) is 5.77. The van der Waals surface area contributed by atoms with Gasteiger partial charge in [0, 0.05) is 32.3 Å². The summed E-state index contributed by atoms with van der Waals surface area (Å²) in [5, 5.41) is 16.8. The number of amides is 1. The third kappa shape index (κ3) is 5.30. The molecule has 1 aliphatic rings. The number of rotatable bonds is 8. The van der Waals surface area contributed by atoms with Crippen LogP contribution in [-0.4, -0.2) is 69.1 Å². The van der Waals surface area contributed by atoms with Crippen LogP contribution in [0.2, 0.25) is 0 Å². The Balaban J connectivity index is 1.40. The zero-order chi connectivity index (χ0) is 25.8. The lowest BCUT2D eigenvalue weighted by atomic mass is 10.1. The number of nitrogens with zero attached hydrogens (tertiary/aromatic N) is 5. The number of carbonyl (C=O) groups excluding carboxylic acids is 1. The molecule has 1 aromatic carbocycles. The fourth-order valence-corrected chi connectivity index (χ4v) is 3.75. The topological polar surface area (TPSA) is 124 Å². The van der Waals surface area contributed by atoms with Crippen molar-refractivity contribution in [3.8, 4) is 17.2 Å². The van der Waals surface area contributed by atoms with Gasteiger partial charge in [0.05, 0.1) is 38.3 Å². The highest BCUT2D eigenvalue weighted by molar-refractivity contribution is 5.93. The van der Waals surface area contributed by atoms with Gasteiger partial charge in [-0.15, -0.1) is 0 Å². The molecule has 1 saturated heterocycles. The molecule has 4 rings (SSSR count). The number of methoxy groups -OCH3 is 2. The van der Waals surface area contributed by atoms with Crippen molar-refractivity contribution >= 4 is 17.7 Å². The maximum Gasteiger partial charge on any atom is 0.272 e. The van der Waals surface area contributed by atoms with Crippen molar-refractivity contribution in [2.45, 2.75) is 25.6 Å². The maximum absolute atomic E-state index is 14.5. The summed E-state index contributed by atoms with van der Waals surface area (Å²) in [6, 6.07) is 2.70. The first-order valence-corrected chi connectivity index (χ1v) is 11.1. The zero-order valence-electron chi connectivity index (χ0n) is 20.0. The summed E-state index contributed by atoms with van der Waals surface area (Å²) >= 11 is 0. The minimum absolute atomic E-state index is 0.172. The lowest BCUT2D eigenvalue weighted by Crippen LogP contribution is -2.40. The van der Waals surface area contributed by atoms with E-state index in [2.05, 4.69) is 20.4 Å². The highest BCUT2D eigenvalue weighted by Gasteiger charge is 2.25. The lowest BCUT2D eigenvalue weighted by molar-refractivity contribution is 0.0537. The van der Waals surface area contributed by atoms with Crippen LogP contribution in [0.1, 0.15) is 28.9 Å². The Kier molecular flexibility index (Phi) is 7.48. The first-order valence-electron chi connectivity index (χ1n) is 11.1. The van der Waals surface area contributed by atoms with Gasteiger partial charge in [-0.1, -0.05) is 0 Å². The van der Waals surface area contributed by atoms with E-state index in [9.17, 15) is 18.7 Å². The second-order valence-corrected chi connectivity index (χ2v) is 8.11. The van der Waals surface area contributed by atoms with Crippen molar-refractivity contribution in [2.24, 2.45) is 7.05 Å². The predicted molar refractivity (Wildman–Crippen MR) is 123 cm³/mol. The molecule has 0 atom stereocenters. The van der Waals surface area contributed by atoms with E-state index < -0.39 is 18.2 Å². The number of aliphatic hydroxyl groups excluding tert-OH is 1. The Labute approximate surface area is 205 Å². The summed E-state index contributed by atoms with van der Waals surface area (Å²) in [6.45, 7) is 0.518. The number of anilines is 2. The van der Waals surface area contributed by atoms with E-state index in [-0.39, 0.29) is 40.8 Å². The van der Waals surface area contributed by atoms with Crippen molar-refractivity contribution in [2.75, 3.05) is 32.6 Å². The van der Waals surface area contributed by atoms with Crippen LogP contribution in [0.5, 0.6) is 17.2 Å². The molecule has 0 radical (unpaired) electrons. The van der Waals surface area contributed by atoms with Crippen LogP contribution in [0.4, 0.5) is 20.5 Å². The van der Waals surface area contributed by atoms with Gasteiger partial charge in [-0.05, 0) is 12.8 Å². The Hall–Kier alpha value is -4.00. The molecule has 0 unspecified atom stereocenters. The monoisotopic (exact) mass is 504 g/mol. The van der Waals surface area contributed by atoms with Gasteiger partial charge < -0.3 is 29.5 Å². The number of likely N-dealkylation sites (tertiary alicyclic amines) is 1. The zero-order valence-corrected chi connectivity index (χ0v) is 20.0. The number of halogens is 2. The quantitative estimate of drug-likeness (QED) is 0.476. The van der Waals surface area contributed by atoms with Gasteiger partial charge in [0.2, 0.25) is 5.95 Å². The Morgan fingerprint density at radius 3 is 2.31 bits per heavy atom. The number of hydrogen-bond acceptors (Lipinski definition) is 9. The van der Waals surface area contributed by atoms with Gasteiger partial charge in [0.1, 0.15) is 12.3 Å². The van der Waals surface area contributed by atoms with E-state index in [1.165, 1.54) is 31.3 Å². The van der Waals surface area contributed by atoms with Gasteiger partial charge in [0.15, 0.2) is 34.7 Å². The minimum atomic E-state index is -0.892. The molecule has 1 amide bonds. The largest absolute Gasteiger partial charge is 0.494 e. The molecule has 13 heteroatoms. The Bertz CT molecular complexity index is 1200. The number of aromatic nitrogens is 4. The summed E-state index contributed by atoms with van der Waals surface area (Å²) in [4.78, 5) is 22.7. The van der Waals surface area contributed by atoms with Crippen LogP contribution < -0.4 is 19.5 Å². The van der Waals surface area contributed by atoms with Crippen molar-refractivity contribution in [3.05, 3.63) is 47.4 Å². The average Bonchev–Trinajstić information content (AvgIpc) is 3.24. The van der Waals surface area contributed by atoms with E-state index in [0.29, 0.717) is 37.4 Å². The third-order valence-electron chi connectivity index (χ3n) is 5.77. The van der Waals surface area contributed by atoms with E-state index in [4.69, 9.17) is 14.2 Å². The summed E-state index contributed by atoms with van der Waals surface area (Å²) in [6.07, 6.45) is 3.37. The number of nitrogens with one attached hydrogen (secondary N) is 1. The average molecular weight is 504 g/mol. The molecule has 2 N–H and O–H groups in total. The van der Waals surface area contributed by atoms with Crippen LogP contribution in [0.3, 0.4) is 0 Å². The molecule has 192 valence electrons. The van der Waals surface area contributed by atoms with E-state index in [0.717, 1.165) is 6.07 Å². The number of aliphatic hydroxyl groups is 1. The van der Waals surface area contributed by atoms with Crippen molar-refractivity contribution in [3.63, 3.8) is 0 Å². The maximum atomic E-state index is 14.5. The molecule has 11 nitrogen and oxygen atoms in total. The van der Waals surface area contributed by atoms with E-state index >= 15 is 0 Å². The Morgan fingerprint density at radius 2 is 1.72 bits per heavy atom. The highest BCUT2D eigenvalue weighted by Crippen LogP contribution is 2.32. The van der Waals surface area contributed by atoms with Crippen LogP contribution in [-0.2, 0) is 13.7 Å². The van der Waals surface area contributed by atoms with Gasteiger partial charge in [0.25, 0.3) is 5.91 Å². The normalized spacial score (nSPS) is 14.0. The SMILES string of the molecule is COc1cc(OC)c(F)c(COc2cnc(Nc3cc(C(=O)N4CCC(O)CC4)n(C)n3)nc2)c1F. The molecule has 0 aliphatic carbocycles. The predicted octanol–water partition coefficient (Wildman–Crippen LogP) is 2.43. The van der Waals surface area contributed by atoms with Crippen molar-refractivity contribution in [1.29, 1.82) is 0 Å². The molecule has 3 heterocycles. The summed E-state index contributed by atoms with van der Waals surface area (Å²) in [5.74, 6) is -1.59. The summed E-state index contributed by atoms with van der Waals surface area (Å²) < 4.78 is 45.7. The molecule has 2 aromatic heterocycles. The fraction of sp³-hybridized carbons (Fsp3) is 0.391. The molecule has 3 aromatic rings. The second kappa shape index (κ2) is 10.7. The molecular weight excluding hydrogens is 478 g/mol. The first-order chi connectivity index (χ1) is 17.3. The number of hydrogen-bond donors (Lipinski definition) is 2. The molecule has 36 heavy (non-hydrogen) atoms. The lowest BCUT2D eigenvalue weighted by Gasteiger charge is -2.29. The van der Waals surface area contributed by atoms with Crippen LogP contribution in [0, 0.1) is 11.6 Å². The van der Waals surface area contributed by atoms with E-state index in [1.54, 1.807) is 18.0 Å². The van der Waals surface area contributed by atoms with Gasteiger partial charge in [-0.2, -0.15) is 5.10 Å². The standard InChI is InChI=1S/C23H26F2N6O5/c1-30-16(22(33)31-6-4-13(32)5-7-31)8-19(29-30)28-23-26-10-14(11-27-23)36-12-15-20(24)17(34-2)9-18(35-3)21(15)25/h8-11,13,32H,4-7,12H2,1-3H3,(H,26,27,28,29). The van der Waals surface area contributed by atoms with Crippen molar-refractivity contribution < 1.29 is 32.9 Å². The smallest absolute Gasteiger partial charge is 0.272 e. The fourth-order valence-electron chi connectivity index (χ4n) is 3.75. The molecule has 0 spiro atoms. The molecular formula is C23H26F2N6O5. The van der Waals surface area contributed by atoms with Crippen molar-refractivity contribution in [1.82, 2.24) is 24.6 Å². The van der Waals surface area contributed by atoms with Gasteiger partial charge in [-0.25, -0.2) is 18.7 Å². The van der Waals surface area contributed by atoms with Crippen LogP contribution in [0.25, 0.3) is 0 Å². The summed E-state index contributed by atoms with van der Waals surface area (Å²) in [7, 11) is 4.18. The van der Waals surface area contributed by atoms with Crippen LogP contribution in [0.15, 0.2) is 24.5 Å². The van der Waals surface area contributed by atoms with Gasteiger partial charge >= 0.3 is 0 Å². The first kappa shape index (κ1) is 25.1. The van der Waals surface area contributed by atoms with E-state index in [1.807, 2.05) is 0 Å². The molecule has 0 bridgehead atoms. The molecule has 1 aliphatic heterocycles. The number of aryl methyl sites for hydroxylation is 1. The number of benzene rings is 1. The number of ether oxygens (including phenoxy) is 3. The minimum Gasteiger partial charge on any atom is -0.494 e. The summed E-state index contributed by atoms with van der Waals surface area (Å²) in [5.41, 5.74) is 0.0221. The van der Waals surface area contributed by atoms with Gasteiger partial charge in [-0.3, -0.25) is 9.48 Å².